The van der Waals surface area contributed by atoms with Crippen LogP contribution in [0.1, 0.15) is 77.6 Å². The molecule has 2 fully saturated rings. The van der Waals surface area contributed by atoms with E-state index in [-0.39, 0.29) is 6.61 Å². The highest BCUT2D eigenvalue weighted by molar-refractivity contribution is 5.78. The number of carbonyl (C=O) groups excluding carboxylic acids is 1. The number of benzene rings is 1. The van der Waals surface area contributed by atoms with Crippen molar-refractivity contribution >= 4 is 5.97 Å². The van der Waals surface area contributed by atoms with E-state index in [2.05, 4.69) is 16.9 Å². The van der Waals surface area contributed by atoms with E-state index in [1.54, 1.807) is 24.5 Å². The zero-order valence-electron chi connectivity index (χ0n) is 20.2. The normalized spacial score (nSPS) is 19.3. The van der Waals surface area contributed by atoms with E-state index in [0.717, 1.165) is 37.7 Å². The van der Waals surface area contributed by atoms with Gasteiger partial charge in [-0.05, 0) is 43.5 Å². The number of ether oxygens (including phenoxy) is 4. The van der Waals surface area contributed by atoms with E-state index < -0.39 is 17.9 Å². The average molecular weight is 469 g/mol. The Hall–Kier alpha value is -2.51. The molecule has 1 spiro atoms. The second-order valence-corrected chi connectivity index (χ2v) is 9.19. The molecule has 0 radical (unpaired) electrons. The van der Waals surface area contributed by atoms with Crippen LogP contribution in [0.4, 0.5) is 0 Å². The summed E-state index contributed by atoms with van der Waals surface area (Å²) in [7, 11) is 0. The molecule has 1 aliphatic carbocycles. The minimum atomic E-state index is -0.676. The summed E-state index contributed by atoms with van der Waals surface area (Å²) < 4.78 is 23.1. The zero-order chi connectivity index (χ0) is 23.6. The van der Waals surface area contributed by atoms with Crippen LogP contribution < -0.4 is 9.47 Å². The monoisotopic (exact) mass is 468 g/mol. The second-order valence-electron chi connectivity index (χ2n) is 9.19. The highest BCUT2D eigenvalue weighted by atomic mass is 16.8. The third-order valence-corrected chi connectivity index (χ3v) is 6.46. The van der Waals surface area contributed by atoms with Gasteiger partial charge in [-0.1, -0.05) is 45.4 Å². The fourth-order valence-corrected chi connectivity index (χ4v) is 4.49. The Morgan fingerprint density at radius 2 is 1.68 bits per heavy atom. The van der Waals surface area contributed by atoms with Crippen molar-refractivity contribution in [1.29, 1.82) is 0 Å². The van der Waals surface area contributed by atoms with Gasteiger partial charge in [0.1, 0.15) is 5.75 Å². The lowest BCUT2D eigenvalue weighted by atomic mass is 9.94. The van der Waals surface area contributed by atoms with Crippen LogP contribution in [0.2, 0.25) is 0 Å². The first-order chi connectivity index (χ1) is 16.7. The zero-order valence-corrected chi connectivity index (χ0v) is 20.2. The van der Waals surface area contributed by atoms with Gasteiger partial charge in [0, 0.05) is 18.4 Å². The van der Waals surface area contributed by atoms with Crippen LogP contribution in [0.5, 0.6) is 11.5 Å². The molecule has 4 rings (SSSR count). The fourth-order valence-electron chi connectivity index (χ4n) is 4.49. The molecule has 0 N–H and O–H groups in total. The summed E-state index contributed by atoms with van der Waals surface area (Å²) in [6, 6.07) is 7.16. The summed E-state index contributed by atoms with van der Waals surface area (Å²) in [5.74, 6) is 0.723. The van der Waals surface area contributed by atoms with Gasteiger partial charge in [-0.25, -0.2) is 14.8 Å². The van der Waals surface area contributed by atoms with Gasteiger partial charge in [0.05, 0.1) is 25.6 Å². The van der Waals surface area contributed by atoms with Crippen molar-refractivity contribution in [1.82, 2.24) is 9.97 Å². The summed E-state index contributed by atoms with van der Waals surface area (Å²) in [5.41, 5.74) is 0.837. The molecule has 2 heterocycles. The van der Waals surface area contributed by atoms with Crippen molar-refractivity contribution < 1.29 is 23.7 Å². The van der Waals surface area contributed by atoms with Crippen LogP contribution in [0.25, 0.3) is 11.4 Å². The number of hydrogen-bond acceptors (Lipinski definition) is 7. The molecule has 2 aromatic rings. The summed E-state index contributed by atoms with van der Waals surface area (Å²) in [5, 5.41) is 0. The van der Waals surface area contributed by atoms with Gasteiger partial charge in [-0.15, -0.1) is 0 Å². The summed E-state index contributed by atoms with van der Waals surface area (Å²) in [6.07, 6.45) is 15.1. The van der Waals surface area contributed by atoms with E-state index in [1.165, 1.54) is 38.5 Å². The molecule has 2 aliphatic rings. The van der Waals surface area contributed by atoms with Gasteiger partial charge >= 0.3 is 5.97 Å². The Kier molecular flexibility index (Phi) is 8.88. The van der Waals surface area contributed by atoms with Crippen molar-refractivity contribution in [2.75, 3.05) is 13.2 Å². The van der Waals surface area contributed by atoms with Gasteiger partial charge in [0.25, 0.3) is 0 Å². The topological polar surface area (TPSA) is 79.8 Å². The van der Waals surface area contributed by atoms with E-state index in [1.807, 2.05) is 12.1 Å². The lowest BCUT2D eigenvalue weighted by Gasteiger charge is -2.31. The summed E-state index contributed by atoms with van der Waals surface area (Å²) in [6.45, 7) is 3.16. The lowest BCUT2D eigenvalue weighted by Crippen LogP contribution is -2.35. The average Bonchev–Trinajstić information content (AvgIpc) is 3.28. The number of carbonyl (C=O) groups is 1. The molecule has 1 aromatic carbocycles. The number of aromatic nitrogens is 2. The minimum absolute atomic E-state index is 0.248. The maximum Gasteiger partial charge on any atom is 0.343 e. The largest absolute Gasteiger partial charge is 0.490 e. The van der Waals surface area contributed by atoms with Crippen molar-refractivity contribution in [3.8, 4) is 22.9 Å². The first kappa shape index (κ1) is 24.6. The number of rotatable bonds is 11. The fraction of sp³-hybridized carbons (Fsp3) is 0.593. The first-order valence-corrected chi connectivity index (χ1v) is 12.8. The van der Waals surface area contributed by atoms with Gasteiger partial charge < -0.3 is 18.9 Å². The van der Waals surface area contributed by atoms with Gasteiger partial charge in [0.2, 0.25) is 0 Å². The third-order valence-electron chi connectivity index (χ3n) is 6.46. The molecule has 1 unspecified atom stereocenters. The van der Waals surface area contributed by atoms with Crippen molar-refractivity contribution in [2.24, 2.45) is 0 Å². The number of esters is 1. The van der Waals surface area contributed by atoms with Crippen molar-refractivity contribution in [3.05, 3.63) is 36.7 Å². The number of unbranched alkanes of at least 4 members (excludes halogenated alkanes) is 5. The standard InChI is InChI=1S/C27H36N2O5/c1-2-3-4-5-6-10-17-31-23-18-28-25(29-19-23)21-11-13-22(14-12-21)33-26(30)24-20-32-27(34-24)15-8-7-9-16-27/h11-14,18-19,24H,2-10,15-17,20H2,1H3. The van der Waals surface area contributed by atoms with E-state index in [4.69, 9.17) is 18.9 Å². The maximum atomic E-state index is 12.5. The molecule has 1 aromatic heterocycles. The molecule has 1 aliphatic heterocycles. The predicted molar refractivity (Wildman–Crippen MR) is 129 cm³/mol. The van der Waals surface area contributed by atoms with E-state index in [0.29, 0.717) is 23.9 Å². The Morgan fingerprint density at radius 1 is 0.971 bits per heavy atom. The molecule has 184 valence electrons. The third kappa shape index (κ3) is 6.76. The Morgan fingerprint density at radius 3 is 2.41 bits per heavy atom. The van der Waals surface area contributed by atoms with Crippen LogP contribution in [-0.4, -0.2) is 41.0 Å². The second kappa shape index (κ2) is 12.3. The Balaban J connectivity index is 1.22. The summed E-state index contributed by atoms with van der Waals surface area (Å²) >= 11 is 0. The molecule has 7 nitrogen and oxygen atoms in total. The van der Waals surface area contributed by atoms with Gasteiger partial charge in [0.15, 0.2) is 23.5 Å². The van der Waals surface area contributed by atoms with Crippen LogP contribution in [0.3, 0.4) is 0 Å². The number of nitrogens with zero attached hydrogens (tertiary/aromatic N) is 2. The lowest BCUT2D eigenvalue weighted by molar-refractivity contribution is -0.193. The maximum absolute atomic E-state index is 12.5. The molecule has 1 saturated heterocycles. The molecular weight excluding hydrogens is 432 g/mol. The SMILES string of the molecule is CCCCCCCCOc1cnc(-c2ccc(OC(=O)C3COC4(CCCCC4)O3)cc2)nc1. The molecular formula is C27H36N2O5. The van der Waals surface area contributed by atoms with Crippen molar-refractivity contribution in [2.45, 2.75) is 89.4 Å². The smallest absolute Gasteiger partial charge is 0.343 e. The van der Waals surface area contributed by atoms with Crippen LogP contribution in [-0.2, 0) is 14.3 Å². The Bertz CT molecular complexity index is 894. The molecule has 34 heavy (non-hydrogen) atoms. The minimum Gasteiger partial charge on any atom is -0.490 e. The van der Waals surface area contributed by atoms with Crippen LogP contribution >= 0.6 is 0 Å². The highest BCUT2D eigenvalue weighted by Gasteiger charge is 2.45. The van der Waals surface area contributed by atoms with E-state index in [9.17, 15) is 4.79 Å². The Labute approximate surface area is 202 Å². The highest BCUT2D eigenvalue weighted by Crippen LogP contribution is 2.38. The van der Waals surface area contributed by atoms with Crippen LogP contribution in [0, 0.1) is 0 Å². The van der Waals surface area contributed by atoms with Gasteiger partial charge in [-0.3, -0.25) is 0 Å². The van der Waals surface area contributed by atoms with E-state index >= 15 is 0 Å². The number of hydrogen-bond donors (Lipinski definition) is 0. The molecule has 1 atom stereocenters. The van der Waals surface area contributed by atoms with Gasteiger partial charge in [-0.2, -0.15) is 0 Å². The molecule has 0 bridgehead atoms. The summed E-state index contributed by atoms with van der Waals surface area (Å²) in [4.78, 5) is 21.4. The quantitative estimate of drug-likeness (QED) is 0.232. The predicted octanol–water partition coefficient (Wildman–Crippen LogP) is 5.86. The van der Waals surface area contributed by atoms with Crippen molar-refractivity contribution in [3.63, 3.8) is 0 Å². The molecule has 7 heteroatoms. The first-order valence-electron chi connectivity index (χ1n) is 12.8. The molecule has 0 amide bonds. The van der Waals surface area contributed by atoms with Crippen LogP contribution in [0.15, 0.2) is 36.7 Å². The molecule has 1 saturated carbocycles.